The van der Waals surface area contributed by atoms with E-state index in [2.05, 4.69) is 5.10 Å². The number of nitrogens with two attached hydrogens (primary N) is 1. The molecule has 2 unspecified atom stereocenters. The largest absolute Gasteiger partial charge is 0.381 e. The molecule has 0 spiro atoms. The van der Waals surface area contributed by atoms with Crippen LogP contribution in [0.15, 0.2) is 11.1 Å². The molecule has 2 rings (SSSR count). The Hall–Kier alpha value is -1.08. The number of hydrogen-bond donors (Lipinski definition) is 1. The van der Waals surface area contributed by atoms with Gasteiger partial charge in [0, 0.05) is 24.8 Å². The smallest absolute Gasteiger partial charge is 0.248 e. The average molecular weight is 286 g/mol. The van der Waals surface area contributed by atoms with Crippen molar-refractivity contribution in [3.8, 4) is 0 Å². The van der Waals surface area contributed by atoms with Crippen LogP contribution in [0.25, 0.3) is 0 Å². The Morgan fingerprint density at radius 1 is 1.42 bits per heavy atom. The minimum absolute atomic E-state index is 0.0272. The zero-order valence-electron chi connectivity index (χ0n) is 11.7. The first-order chi connectivity index (χ1) is 8.91. The van der Waals surface area contributed by atoms with E-state index in [0.29, 0.717) is 6.54 Å². The van der Waals surface area contributed by atoms with Crippen molar-refractivity contribution < 1.29 is 8.42 Å². The van der Waals surface area contributed by atoms with Gasteiger partial charge in [0.1, 0.15) is 4.90 Å². The summed E-state index contributed by atoms with van der Waals surface area (Å²) >= 11 is 0. The van der Waals surface area contributed by atoms with E-state index in [0.717, 1.165) is 19.3 Å². The first-order valence-corrected chi connectivity index (χ1v) is 8.22. The molecule has 1 aromatic rings. The van der Waals surface area contributed by atoms with Crippen LogP contribution in [-0.2, 0) is 16.6 Å². The summed E-state index contributed by atoms with van der Waals surface area (Å²) in [4.78, 5) is 0.140. The zero-order chi connectivity index (χ0) is 14.2. The lowest BCUT2D eigenvalue weighted by atomic mass is 10.2. The van der Waals surface area contributed by atoms with Crippen LogP contribution in [0.4, 0.5) is 5.82 Å². The molecular formula is C12H22N4O2S. The number of nitrogen functional groups attached to an aromatic ring is 1. The van der Waals surface area contributed by atoms with Gasteiger partial charge in [-0.1, -0.05) is 6.92 Å². The van der Waals surface area contributed by atoms with Crippen molar-refractivity contribution in [3.05, 3.63) is 6.20 Å². The monoisotopic (exact) mass is 286 g/mol. The van der Waals surface area contributed by atoms with Crippen LogP contribution in [0, 0.1) is 0 Å². The van der Waals surface area contributed by atoms with Crippen molar-refractivity contribution >= 4 is 15.8 Å². The van der Waals surface area contributed by atoms with E-state index in [4.69, 9.17) is 5.73 Å². The molecule has 0 aliphatic carbocycles. The number of rotatable bonds is 4. The summed E-state index contributed by atoms with van der Waals surface area (Å²) in [6.07, 6.45) is 4.17. The third-order valence-corrected chi connectivity index (χ3v) is 5.90. The third-order valence-electron chi connectivity index (χ3n) is 3.82. The predicted molar refractivity (Wildman–Crippen MR) is 74.1 cm³/mol. The lowest BCUT2D eigenvalue weighted by Crippen LogP contribution is -2.39. The molecule has 1 saturated heterocycles. The minimum Gasteiger partial charge on any atom is -0.381 e. The molecule has 1 aromatic heterocycles. The Morgan fingerprint density at radius 3 is 2.63 bits per heavy atom. The predicted octanol–water partition coefficient (Wildman–Crippen LogP) is 1.44. The highest BCUT2D eigenvalue weighted by Crippen LogP contribution is 2.33. The molecule has 1 aliphatic rings. The Bertz CT molecular complexity index is 552. The molecule has 1 fully saturated rings. The molecule has 0 bridgehead atoms. The van der Waals surface area contributed by atoms with Gasteiger partial charge in [0.25, 0.3) is 0 Å². The van der Waals surface area contributed by atoms with Gasteiger partial charge in [-0.05, 0) is 33.1 Å². The van der Waals surface area contributed by atoms with Crippen LogP contribution < -0.4 is 5.73 Å². The van der Waals surface area contributed by atoms with Crippen LogP contribution >= 0.6 is 0 Å². The fraction of sp³-hybridized carbons (Fsp3) is 0.750. The maximum atomic E-state index is 12.8. The number of anilines is 1. The average Bonchev–Trinajstić information content (AvgIpc) is 2.92. The maximum Gasteiger partial charge on any atom is 0.248 e. The standard InChI is InChI=1S/C12H22N4O2S/c1-4-10-7-6-9(3)16(10)19(17,18)11-8-15(5-2)14-12(11)13/h8-10H,4-7H2,1-3H3,(H2,13,14). The maximum absolute atomic E-state index is 12.8. The van der Waals surface area contributed by atoms with E-state index in [1.807, 2.05) is 20.8 Å². The van der Waals surface area contributed by atoms with Crippen LogP contribution in [0.1, 0.15) is 40.0 Å². The van der Waals surface area contributed by atoms with E-state index in [1.54, 1.807) is 8.99 Å². The number of hydrogen-bond acceptors (Lipinski definition) is 4. The molecule has 108 valence electrons. The van der Waals surface area contributed by atoms with Gasteiger partial charge < -0.3 is 5.73 Å². The Kier molecular flexibility index (Phi) is 3.87. The molecule has 19 heavy (non-hydrogen) atoms. The van der Waals surface area contributed by atoms with Crippen LogP contribution in [0.5, 0.6) is 0 Å². The summed E-state index contributed by atoms with van der Waals surface area (Å²) in [6, 6.07) is 0.101. The van der Waals surface area contributed by atoms with Crippen LogP contribution in [0.2, 0.25) is 0 Å². The van der Waals surface area contributed by atoms with Gasteiger partial charge in [0.2, 0.25) is 10.0 Å². The highest BCUT2D eigenvalue weighted by atomic mass is 32.2. The van der Waals surface area contributed by atoms with Gasteiger partial charge in [0.05, 0.1) is 0 Å². The van der Waals surface area contributed by atoms with Crippen molar-refractivity contribution in [1.29, 1.82) is 0 Å². The number of nitrogens with zero attached hydrogens (tertiary/aromatic N) is 3. The minimum atomic E-state index is -3.54. The number of aromatic nitrogens is 2. The van der Waals surface area contributed by atoms with Gasteiger partial charge in [0.15, 0.2) is 5.82 Å². The SMILES string of the molecule is CCC1CCC(C)N1S(=O)(=O)c1cn(CC)nc1N. The Labute approximate surface area is 114 Å². The van der Waals surface area contributed by atoms with Crippen LogP contribution in [0.3, 0.4) is 0 Å². The van der Waals surface area contributed by atoms with E-state index in [1.165, 1.54) is 6.20 Å². The normalized spacial score (nSPS) is 25.0. The van der Waals surface area contributed by atoms with Gasteiger partial charge >= 0.3 is 0 Å². The second-order valence-electron chi connectivity index (χ2n) is 5.06. The highest BCUT2D eigenvalue weighted by molar-refractivity contribution is 7.89. The number of aryl methyl sites for hydroxylation is 1. The molecule has 6 nitrogen and oxygen atoms in total. The molecule has 1 aliphatic heterocycles. The van der Waals surface area contributed by atoms with Crippen LogP contribution in [-0.4, -0.2) is 34.6 Å². The molecule has 0 aromatic carbocycles. The summed E-state index contributed by atoms with van der Waals surface area (Å²) in [5.41, 5.74) is 5.77. The van der Waals surface area contributed by atoms with Gasteiger partial charge in [-0.3, -0.25) is 4.68 Å². The summed E-state index contributed by atoms with van der Waals surface area (Å²) < 4.78 is 28.7. The van der Waals surface area contributed by atoms with Crippen molar-refractivity contribution in [2.24, 2.45) is 0 Å². The highest BCUT2D eigenvalue weighted by Gasteiger charge is 2.40. The summed E-state index contributed by atoms with van der Waals surface area (Å²) in [6.45, 7) is 6.47. The number of sulfonamides is 1. The van der Waals surface area contributed by atoms with E-state index < -0.39 is 10.0 Å². The van der Waals surface area contributed by atoms with E-state index in [9.17, 15) is 8.42 Å². The van der Waals surface area contributed by atoms with Crippen molar-refractivity contribution in [1.82, 2.24) is 14.1 Å². The van der Waals surface area contributed by atoms with E-state index in [-0.39, 0.29) is 22.8 Å². The lowest BCUT2D eigenvalue weighted by Gasteiger charge is -2.26. The molecular weight excluding hydrogens is 264 g/mol. The fourth-order valence-electron chi connectivity index (χ4n) is 2.76. The first-order valence-electron chi connectivity index (χ1n) is 6.78. The second-order valence-corrected chi connectivity index (χ2v) is 6.87. The van der Waals surface area contributed by atoms with Gasteiger partial charge in [-0.15, -0.1) is 0 Å². The summed E-state index contributed by atoms with van der Waals surface area (Å²) in [5.74, 6) is 0.0933. The Morgan fingerprint density at radius 2 is 2.11 bits per heavy atom. The van der Waals surface area contributed by atoms with Gasteiger partial charge in [-0.25, -0.2) is 8.42 Å². The van der Waals surface area contributed by atoms with Crippen molar-refractivity contribution in [2.45, 2.75) is 63.6 Å². The second kappa shape index (κ2) is 5.13. The molecule has 0 amide bonds. The zero-order valence-corrected chi connectivity index (χ0v) is 12.5. The first kappa shape index (κ1) is 14.3. The Balaban J connectivity index is 2.43. The summed E-state index contributed by atoms with van der Waals surface area (Å²) in [7, 11) is -3.54. The molecule has 0 radical (unpaired) electrons. The van der Waals surface area contributed by atoms with Crippen molar-refractivity contribution in [3.63, 3.8) is 0 Å². The molecule has 0 saturated carbocycles. The molecule has 7 heteroatoms. The van der Waals surface area contributed by atoms with E-state index >= 15 is 0 Å². The van der Waals surface area contributed by atoms with Crippen molar-refractivity contribution in [2.75, 3.05) is 5.73 Å². The quantitative estimate of drug-likeness (QED) is 0.908. The third kappa shape index (κ3) is 2.36. The van der Waals surface area contributed by atoms with Gasteiger partial charge in [-0.2, -0.15) is 9.40 Å². The summed E-state index contributed by atoms with van der Waals surface area (Å²) in [5, 5.41) is 4.03. The lowest BCUT2D eigenvalue weighted by molar-refractivity contribution is 0.329. The fourth-order valence-corrected chi connectivity index (χ4v) is 4.77. The molecule has 2 heterocycles. The molecule has 2 atom stereocenters. The topological polar surface area (TPSA) is 81.2 Å². The molecule has 2 N–H and O–H groups in total.